The minimum atomic E-state index is -0.575. The number of para-hydroxylation sites is 1. The van der Waals surface area contributed by atoms with Gasteiger partial charge in [0.25, 0.3) is 5.91 Å². The van der Waals surface area contributed by atoms with Gasteiger partial charge in [-0.1, -0.05) is 35.9 Å². The zero-order valence-corrected chi connectivity index (χ0v) is 16.1. The number of carbonyl (C=O) groups is 1. The third-order valence-corrected chi connectivity index (χ3v) is 4.70. The first-order valence-electron chi connectivity index (χ1n) is 9.07. The summed E-state index contributed by atoms with van der Waals surface area (Å²) < 4.78 is 11.9. The second-order valence-corrected chi connectivity index (χ2v) is 7.69. The van der Waals surface area contributed by atoms with Crippen molar-refractivity contribution in [3.8, 4) is 11.5 Å². The Kier molecular flexibility index (Phi) is 4.94. The van der Waals surface area contributed by atoms with Crippen LogP contribution in [0.3, 0.4) is 0 Å². The summed E-state index contributed by atoms with van der Waals surface area (Å²) >= 11 is 0. The van der Waals surface area contributed by atoms with E-state index in [0.29, 0.717) is 6.42 Å². The number of hydrogen-bond acceptors (Lipinski definition) is 3. The molecule has 26 heavy (non-hydrogen) atoms. The van der Waals surface area contributed by atoms with Crippen LogP contribution in [0.4, 0.5) is 0 Å². The molecule has 0 bridgehead atoms. The van der Waals surface area contributed by atoms with Gasteiger partial charge in [0.15, 0.2) is 6.10 Å². The van der Waals surface area contributed by atoms with Crippen molar-refractivity contribution in [1.82, 2.24) is 5.32 Å². The highest BCUT2D eigenvalue weighted by Gasteiger charge is 2.35. The van der Waals surface area contributed by atoms with Gasteiger partial charge in [0, 0.05) is 12.0 Å². The lowest BCUT2D eigenvalue weighted by Crippen LogP contribution is -2.44. The molecule has 2 atom stereocenters. The first-order valence-corrected chi connectivity index (χ1v) is 9.07. The maximum Gasteiger partial charge on any atom is 0.261 e. The molecule has 1 aliphatic heterocycles. The molecule has 0 aromatic heterocycles. The van der Waals surface area contributed by atoms with E-state index in [1.54, 1.807) is 6.92 Å². The maximum atomic E-state index is 12.7. The molecule has 0 spiro atoms. The Morgan fingerprint density at radius 3 is 2.69 bits per heavy atom. The van der Waals surface area contributed by atoms with Crippen molar-refractivity contribution < 1.29 is 14.3 Å². The van der Waals surface area contributed by atoms with E-state index in [-0.39, 0.29) is 17.6 Å². The van der Waals surface area contributed by atoms with Gasteiger partial charge in [-0.05, 0) is 52.3 Å². The van der Waals surface area contributed by atoms with Crippen molar-refractivity contribution in [2.75, 3.05) is 0 Å². The predicted octanol–water partition coefficient (Wildman–Crippen LogP) is 4.49. The summed E-state index contributed by atoms with van der Waals surface area (Å²) in [5, 5.41) is 3.14. The lowest BCUT2D eigenvalue weighted by atomic mass is 9.89. The Balaban J connectivity index is 1.73. The van der Waals surface area contributed by atoms with Crippen molar-refractivity contribution in [2.45, 2.75) is 58.8 Å². The van der Waals surface area contributed by atoms with Crippen LogP contribution in [0.25, 0.3) is 0 Å². The highest BCUT2D eigenvalue weighted by atomic mass is 16.5. The second kappa shape index (κ2) is 7.02. The van der Waals surface area contributed by atoms with Crippen molar-refractivity contribution >= 4 is 5.91 Å². The summed E-state index contributed by atoms with van der Waals surface area (Å²) in [6.45, 7) is 9.89. The van der Waals surface area contributed by atoms with Crippen LogP contribution in [0.1, 0.15) is 49.9 Å². The van der Waals surface area contributed by atoms with E-state index in [9.17, 15) is 4.79 Å². The van der Waals surface area contributed by atoms with Crippen LogP contribution in [0.5, 0.6) is 11.5 Å². The van der Waals surface area contributed by atoms with Crippen LogP contribution in [0.15, 0.2) is 42.5 Å². The Morgan fingerprint density at radius 2 is 1.96 bits per heavy atom. The molecule has 4 heteroatoms. The first kappa shape index (κ1) is 18.3. The van der Waals surface area contributed by atoms with Crippen LogP contribution in [0.2, 0.25) is 0 Å². The number of nitrogens with one attached hydrogen (secondary N) is 1. The normalized spacial score (nSPS) is 19.0. The molecular formula is C22H27NO3. The van der Waals surface area contributed by atoms with Crippen molar-refractivity contribution in [2.24, 2.45) is 0 Å². The molecule has 138 valence electrons. The molecule has 0 saturated carbocycles. The highest BCUT2D eigenvalue weighted by molar-refractivity contribution is 5.81. The number of fused-ring (bicyclic) bond motifs is 1. The molecule has 4 nitrogen and oxygen atoms in total. The SMILES string of the molecule is Cc1ccc(O[C@@H](C)C(=O)N[C@@H]2CC(C)(C)Oc3ccccc32)c(C)c1. The van der Waals surface area contributed by atoms with Crippen molar-refractivity contribution in [1.29, 1.82) is 0 Å². The van der Waals surface area contributed by atoms with Gasteiger partial charge in [0.2, 0.25) is 0 Å². The fourth-order valence-corrected chi connectivity index (χ4v) is 3.40. The standard InChI is InChI=1S/C22H27NO3/c1-14-10-11-19(15(2)12-14)25-16(3)21(24)23-18-13-22(4,5)26-20-9-7-6-8-17(18)20/h6-12,16,18H,13H2,1-5H3,(H,23,24)/t16-,18+/m0/s1. The number of benzene rings is 2. The Bertz CT molecular complexity index is 813. The molecule has 1 amide bonds. The van der Waals surface area contributed by atoms with Crippen LogP contribution in [0, 0.1) is 13.8 Å². The average molecular weight is 353 g/mol. The summed E-state index contributed by atoms with van der Waals surface area (Å²) in [5.74, 6) is 1.45. The van der Waals surface area contributed by atoms with Crippen LogP contribution in [-0.4, -0.2) is 17.6 Å². The zero-order valence-electron chi connectivity index (χ0n) is 16.1. The molecule has 0 fully saturated rings. The molecule has 1 aliphatic rings. The minimum Gasteiger partial charge on any atom is -0.487 e. The number of aryl methyl sites for hydroxylation is 2. The third kappa shape index (κ3) is 4.01. The quantitative estimate of drug-likeness (QED) is 0.881. The van der Waals surface area contributed by atoms with E-state index in [4.69, 9.17) is 9.47 Å². The molecule has 3 rings (SSSR count). The van der Waals surface area contributed by atoms with E-state index >= 15 is 0 Å². The van der Waals surface area contributed by atoms with Gasteiger partial charge in [-0.15, -0.1) is 0 Å². The van der Waals surface area contributed by atoms with E-state index in [2.05, 4.69) is 11.4 Å². The number of hydrogen-bond donors (Lipinski definition) is 1. The van der Waals surface area contributed by atoms with Crippen molar-refractivity contribution in [3.05, 3.63) is 59.2 Å². The van der Waals surface area contributed by atoms with Gasteiger partial charge in [0.05, 0.1) is 6.04 Å². The predicted molar refractivity (Wildman–Crippen MR) is 103 cm³/mol. The van der Waals surface area contributed by atoms with Gasteiger partial charge in [-0.3, -0.25) is 4.79 Å². The molecule has 1 N–H and O–H groups in total. The summed E-state index contributed by atoms with van der Waals surface area (Å²) in [5.41, 5.74) is 2.89. The Labute approximate surface area is 155 Å². The summed E-state index contributed by atoms with van der Waals surface area (Å²) in [7, 11) is 0. The lowest BCUT2D eigenvalue weighted by molar-refractivity contribution is -0.128. The van der Waals surface area contributed by atoms with E-state index in [1.807, 2.05) is 64.1 Å². The molecule has 1 heterocycles. The largest absolute Gasteiger partial charge is 0.487 e. The van der Waals surface area contributed by atoms with Gasteiger partial charge in [-0.2, -0.15) is 0 Å². The molecular weight excluding hydrogens is 326 g/mol. The zero-order chi connectivity index (χ0) is 18.9. The Hall–Kier alpha value is -2.49. The average Bonchev–Trinajstić information content (AvgIpc) is 2.56. The fourth-order valence-electron chi connectivity index (χ4n) is 3.40. The summed E-state index contributed by atoms with van der Waals surface area (Å²) in [6.07, 6.45) is 0.140. The molecule has 0 radical (unpaired) electrons. The van der Waals surface area contributed by atoms with Crippen LogP contribution in [-0.2, 0) is 4.79 Å². The van der Waals surface area contributed by atoms with Gasteiger partial charge < -0.3 is 14.8 Å². The van der Waals surface area contributed by atoms with Crippen LogP contribution < -0.4 is 14.8 Å². The first-order chi connectivity index (χ1) is 12.2. The monoisotopic (exact) mass is 353 g/mol. The van der Waals surface area contributed by atoms with Gasteiger partial charge in [0.1, 0.15) is 17.1 Å². The molecule has 0 aliphatic carbocycles. The Morgan fingerprint density at radius 1 is 1.23 bits per heavy atom. The third-order valence-electron chi connectivity index (χ3n) is 4.70. The second-order valence-electron chi connectivity index (χ2n) is 7.69. The maximum absolute atomic E-state index is 12.7. The van der Waals surface area contributed by atoms with Gasteiger partial charge >= 0.3 is 0 Å². The van der Waals surface area contributed by atoms with E-state index in [1.165, 1.54) is 5.56 Å². The smallest absolute Gasteiger partial charge is 0.261 e. The molecule has 2 aromatic carbocycles. The van der Waals surface area contributed by atoms with Crippen LogP contribution >= 0.6 is 0 Å². The minimum absolute atomic E-state index is 0.0902. The highest BCUT2D eigenvalue weighted by Crippen LogP contribution is 2.39. The number of rotatable bonds is 4. The topological polar surface area (TPSA) is 47.6 Å². The number of ether oxygens (including phenoxy) is 2. The summed E-state index contributed by atoms with van der Waals surface area (Å²) in [4.78, 5) is 12.7. The van der Waals surface area contributed by atoms with E-state index < -0.39 is 6.10 Å². The van der Waals surface area contributed by atoms with E-state index in [0.717, 1.165) is 22.6 Å². The number of carbonyl (C=O) groups excluding carboxylic acids is 1. The lowest BCUT2D eigenvalue weighted by Gasteiger charge is -2.38. The number of amides is 1. The molecule has 0 unspecified atom stereocenters. The molecule has 2 aromatic rings. The fraction of sp³-hybridized carbons (Fsp3) is 0.409. The van der Waals surface area contributed by atoms with Crippen molar-refractivity contribution in [3.63, 3.8) is 0 Å². The van der Waals surface area contributed by atoms with Gasteiger partial charge in [-0.25, -0.2) is 0 Å². The molecule has 0 saturated heterocycles. The summed E-state index contributed by atoms with van der Waals surface area (Å²) in [6, 6.07) is 13.7.